The highest BCUT2D eigenvalue weighted by molar-refractivity contribution is 5.91. The van der Waals surface area contributed by atoms with E-state index in [1.165, 1.54) is 11.0 Å². The summed E-state index contributed by atoms with van der Waals surface area (Å²) in [5.74, 6) is -0.981. The fourth-order valence-corrected chi connectivity index (χ4v) is 4.83. The number of amides is 2. The van der Waals surface area contributed by atoms with Crippen molar-refractivity contribution in [2.45, 2.75) is 49.6 Å². The van der Waals surface area contributed by atoms with E-state index in [0.29, 0.717) is 18.4 Å². The van der Waals surface area contributed by atoms with Crippen LogP contribution < -0.4 is 5.32 Å². The summed E-state index contributed by atoms with van der Waals surface area (Å²) in [5.41, 5.74) is -0.0114. The lowest BCUT2D eigenvalue weighted by atomic mass is 9.77. The zero-order valence-corrected chi connectivity index (χ0v) is 18.8. The summed E-state index contributed by atoms with van der Waals surface area (Å²) in [6.45, 7) is 3.57. The van der Waals surface area contributed by atoms with Gasteiger partial charge < -0.3 is 24.8 Å². The Morgan fingerprint density at radius 1 is 1.09 bits per heavy atom. The van der Waals surface area contributed by atoms with Crippen LogP contribution in [-0.2, 0) is 31.3 Å². The first kappa shape index (κ1) is 23.5. The Bertz CT molecular complexity index is 1040. The van der Waals surface area contributed by atoms with Crippen LogP contribution in [0.4, 0.5) is 4.79 Å². The molecule has 34 heavy (non-hydrogen) atoms. The van der Waals surface area contributed by atoms with E-state index in [9.17, 15) is 19.5 Å². The summed E-state index contributed by atoms with van der Waals surface area (Å²) in [6, 6.07) is 15.7. The maximum atomic E-state index is 13.4. The molecule has 8 nitrogen and oxygen atoms in total. The first-order chi connectivity index (χ1) is 16.4. The normalized spacial score (nSPS) is 25.9. The van der Waals surface area contributed by atoms with E-state index in [1.807, 2.05) is 36.4 Å². The molecule has 2 aliphatic rings. The lowest BCUT2D eigenvalue weighted by molar-refractivity contribution is -0.167. The van der Waals surface area contributed by atoms with Gasteiger partial charge in [0.05, 0.1) is 6.04 Å². The molecule has 2 N–H and O–H groups in total. The average molecular weight is 465 g/mol. The molecular formula is C26H28N2O6. The van der Waals surface area contributed by atoms with Gasteiger partial charge >= 0.3 is 12.1 Å². The van der Waals surface area contributed by atoms with Gasteiger partial charge in [-0.25, -0.2) is 9.59 Å². The van der Waals surface area contributed by atoms with Crippen molar-refractivity contribution in [3.8, 4) is 0 Å². The van der Waals surface area contributed by atoms with Crippen LogP contribution in [0.5, 0.6) is 0 Å². The van der Waals surface area contributed by atoms with Crippen LogP contribution in [0.15, 0.2) is 73.3 Å². The fraction of sp³-hybridized carbons (Fsp3) is 0.346. The number of piperidine rings is 1. The third-order valence-corrected chi connectivity index (χ3v) is 6.40. The van der Waals surface area contributed by atoms with E-state index in [-0.39, 0.29) is 19.6 Å². The van der Waals surface area contributed by atoms with Crippen molar-refractivity contribution in [2.75, 3.05) is 6.61 Å². The highest BCUT2D eigenvalue weighted by atomic mass is 16.5. The predicted molar refractivity (Wildman–Crippen MR) is 123 cm³/mol. The standard InChI is InChI=1S/C26H28N2O6/c1-2-15-33-25(31)27-20-16-26(32,19-11-7-4-8-12-19)22-14-13-21(28(22)23(20)29)24(30)34-17-18-9-5-3-6-10-18/h2-12,20-22,32H,1,13-17H2,(H,27,31)/t20-,21-,22+,26+/m0/s1. The predicted octanol–water partition coefficient (Wildman–Crippen LogP) is 2.66. The van der Waals surface area contributed by atoms with E-state index in [2.05, 4.69) is 11.9 Å². The SMILES string of the molecule is C=CCOC(=O)N[C@H]1C[C@@](O)(c2ccccc2)[C@H]2CC[C@@H](C(=O)OCc3ccccc3)N2C1=O. The number of carbonyl (C=O) groups is 3. The van der Waals surface area contributed by atoms with Crippen LogP contribution in [-0.4, -0.2) is 52.7 Å². The first-order valence-electron chi connectivity index (χ1n) is 11.3. The molecule has 2 fully saturated rings. The molecule has 8 heteroatoms. The van der Waals surface area contributed by atoms with E-state index < -0.39 is 41.7 Å². The number of benzene rings is 2. The molecule has 4 rings (SSSR count). The average Bonchev–Trinajstić information content (AvgIpc) is 3.32. The topological polar surface area (TPSA) is 105 Å². The number of alkyl carbamates (subject to hydrolysis) is 1. The number of hydrogen-bond acceptors (Lipinski definition) is 6. The summed E-state index contributed by atoms with van der Waals surface area (Å²) in [7, 11) is 0. The van der Waals surface area contributed by atoms with Gasteiger partial charge in [-0.2, -0.15) is 0 Å². The molecule has 0 radical (unpaired) electrons. The maximum Gasteiger partial charge on any atom is 0.408 e. The van der Waals surface area contributed by atoms with Crippen LogP contribution >= 0.6 is 0 Å². The van der Waals surface area contributed by atoms with E-state index in [0.717, 1.165) is 5.56 Å². The number of ether oxygens (including phenoxy) is 2. The Labute approximate surface area is 198 Å². The summed E-state index contributed by atoms with van der Waals surface area (Å²) in [5, 5.41) is 14.4. The lowest BCUT2D eigenvalue weighted by Gasteiger charge is -2.47. The molecule has 2 heterocycles. The zero-order valence-electron chi connectivity index (χ0n) is 18.8. The minimum Gasteiger partial charge on any atom is -0.459 e. The van der Waals surface area contributed by atoms with E-state index in [4.69, 9.17) is 9.47 Å². The van der Waals surface area contributed by atoms with E-state index >= 15 is 0 Å². The third-order valence-electron chi connectivity index (χ3n) is 6.40. The summed E-state index contributed by atoms with van der Waals surface area (Å²) < 4.78 is 10.5. The molecule has 0 saturated carbocycles. The molecule has 4 atom stereocenters. The number of nitrogens with one attached hydrogen (secondary N) is 1. The summed E-state index contributed by atoms with van der Waals surface area (Å²) in [6.07, 6.45) is 1.36. The number of nitrogens with zero attached hydrogens (tertiary/aromatic N) is 1. The monoisotopic (exact) mass is 464 g/mol. The number of esters is 1. The molecule has 0 unspecified atom stereocenters. The van der Waals surface area contributed by atoms with Gasteiger partial charge in [0.15, 0.2) is 0 Å². The summed E-state index contributed by atoms with van der Waals surface area (Å²) >= 11 is 0. The van der Waals surface area contributed by atoms with Gasteiger partial charge in [0.1, 0.15) is 30.9 Å². The Kier molecular flexibility index (Phi) is 6.98. The van der Waals surface area contributed by atoms with Crippen molar-refractivity contribution in [1.82, 2.24) is 10.2 Å². The maximum absolute atomic E-state index is 13.4. The number of fused-ring (bicyclic) bond motifs is 1. The highest BCUT2D eigenvalue weighted by Gasteiger charge is 2.58. The van der Waals surface area contributed by atoms with Gasteiger partial charge in [-0.15, -0.1) is 0 Å². The molecule has 2 aromatic rings. The van der Waals surface area contributed by atoms with Gasteiger partial charge in [-0.05, 0) is 24.0 Å². The third kappa shape index (κ3) is 4.68. The first-order valence-corrected chi connectivity index (χ1v) is 11.3. The molecule has 2 aromatic carbocycles. The van der Waals surface area contributed by atoms with Crippen molar-refractivity contribution in [2.24, 2.45) is 0 Å². The molecule has 0 spiro atoms. The molecule has 0 bridgehead atoms. The Balaban J connectivity index is 1.59. The van der Waals surface area contributed by atoms with Gasteiger partial charge in [0.25, 0.3) is 0 Å². The number of carbonyl (C=O) groups excluding carboxylic acids is 3. The Morgan fingerprint density at radius 3 is 2.44 bits per heavy atom. The van der Waals surface area contributed by atoms with Crippen LogP contribution in [0.25, 0.3) is 0 Å². The quantitative estimate of drug-likeness (QED) is 0.482. The van der Waals surface area contributed by atoms with Crippen molar-refractivity contribution in [1.29, 1.82) is 0 Å². The number of hydrogen-bond donors (Lipinski definition) is 2. The zero-order chi connectivity index (χ0) is 24.1. The summed E-state index contributed by atoms with van der Waals surface area (Å²) in [4.78, 5) is 40.1. The smallest absolute Gasteiger partial charge is 0.408 e. The van der Waals surface area contributed by atoms with Crippen molar-refractivity contribution in [3.63, 3.8) is 0 Å². The molecule has 2 saturated heterocycles. The molecule has 2 aliphatic heterocycles. The van der Waals surface area contributed by atoms with Crippen LogP contribution in [0.2, 0.25) is 0 Å². The largest absolute Gasteiger partial charge is 0.459 e. The molecule has 178 valence electrons. The van der Waals surface area contributed by atoms with Crippen molar-refractivity contribution in [3.05, 3.63) is 84.4 Å². The van der Waals surface area contributed by atoms with Crippen LogP contribution in [0, 0.1) is 0 Å². The molecular weight excluding hydrogens is 436 g/mol. The molecule has 0 aromatic heterocycles. The second-order valence-electron chi connectivity index (χ2n) is 8.53. The van der Waals surface area contributed by atoms with E-state index in [1.54, 1.807) is 24.3 Å². The second-order valence-corrected chi connectivity index (χ2v) is 8.53. The lowest BCUT2D eigenvalue weighted by Crippen LogP contribution is -2.65. The second kappa shape index (κ2) is 10.1. The highest BCUT2D eigenvalue weighted by Crippen LogP contribution is 2.44. The fourth-order valence-electron chi connectivity index (χ4n) is 4.83. The van der Waals surface area contributed by atoms with Crippen molar-refractivity contribution >= 4 is 18.0 Å². The molecule has 2 amide bonds. The Morgan fingerprint density at radius 2 is 1.76 bits per heavy atom. The minimum atomic E-state index is -1.46. The van der Waals surface area contributed by atoms with Crippen LogP contribution in [0.3, 0.4) is 0 Å². The Hall–Kier alpha value is -3.65. The number of aliphatic hydroxyl groups is 1. The minimum absolute atomic E-state index is 0.0174. The van der Waals surface area contributed by atoms with Gasteiger partial charge in [-0.1, -0.05) is 73.3 Å². The molecule has 0 aliphatic carbocycles. The number of rotatable bonds is 7. The van der Waals surface area contributed by atoms with Crippen molar-refractivity contribution < 1.29 is 29.0 Å². The van der Waals surface area contributed by atoms with Gasteiger partial charge in [0, 0.05) is 6.42 Å². The van der Waals surface area contributed by atoms with Crippen LogP contribution in [0.1, 0.15) is 30.4 Å². The van der Waals surface area contributed by atoms with Gasteiger partial charge in [0.2, 0.25) is 5.91 Å². The van der Waals surface area contributed by atoms with Gasteiger partial charge in [-0.3, -0.25) is 4.79 Å².